The molecule has 0 aromatic carbocycles. The molecule has 0 unspecified atom stereocenters. The standard InChI is InChI=1S/C14H24N4O3S/c1-14(2,3)21-13(19)16-22-18(11-5-7-20-8-6-11)12-9-15-17(4)10-12/h9-11H,5-8H2,1-4H3,(H,16,19). The zero-order valence-electron chi connectivity index (χ0n) is 13.5. The van der Waals surface area contributed by atoms with E-state index in [2.05, 4.69) is 14.1 Å². The molecular formula is C14H24N4O3S. The molecule has 7 nitrogen and oxygen atoms in total. The van der Waals surface area contributed by atoms with E-state index in [1.165, 1.54) is 12.1 Å². The second kappa shape index (κ2) is 7.23. The van der Waals surface area contributed by atoms with Crippen LogP contribution in [0.3, 0.4) is 0 Å². The molecule has 0 spiro atoms. The first-order valence-electron chi connectivity index (χ1n) is 7.37. The van der Waals surface area contributed by atoms with Crippen LogP contribution in [0.25, 0.3) is 0 Å². The predicted octanol–water partition coefficient (Wildman–Crippen LogP) is 2.49. The van der Waals surface area contributed by atoms with E-state index in [1.54, 1.807) is 10.9 Å². The molecule has 22 heavy (non-hydrogen) atoms. The summed E-state index contributed by atoms with van der Waals surface area (Å²) in [5, 5.41) is 4.21. The first-order chi connectivity index (χ1) is 10.3. The highest BCUT2D eigenvalue weighted by molar-refractivity contribution is 7.99. The number of nitrogens with zero attached hydrogens (tertiary/aromatic N) is 3. The molecule has 0 bridgehead atoms. The molecule has 1 fully saturated rings. The van der Waals surface area contributed by atoms with Gasteiger partial charge in [-0.05, 0) is 33.6 Å². The Bertz CT molecular complexity index is 495. The summed E-state index contributed by atoms with van der Waals surface area (Å²) in [6.07, 6.45) is 5.10. The molecule has 1 N–H and O–H groups in total. The van der Waals surface area contributed by atoms with Crippen molar-refractivity contribution in [1.29, 1.82) is 0 Å². The van der Waals surface area contributed by atoms with Gasteiger partial charge in [0.05, 0.1) is 24.0 Å². The molecule has 1 aromatic rings. The van der Waals surface area contributed by atoms with E-state index in [1.807, 2.05) is 34.0 Å². The minimum atomic E-state index is -0.511. The number of anilines is 1. The number of ether oxygens (including phenoxy) is 2. The van der Waals surface area contributed by atoms with Crippen LogP contribution in [-0.4, -0.2) is 40.7 Å². The number of hydrogen-bond acceptors (Lipinski definition) is 6. The lowest BCUT2D eigenvalue weighted by atomic mass is 10.1. The number of aromatic nitrogens is 2. The highest BCUT2D eigenvalue weighted by Crippen LogP contribution is 2.28. The summed E-state index contributed by atoms with van der Waals surface area (Å²) in [5.41, 5.74) is 0.443. The van der Waals surface area contributed by atoms with Crippen LogP contribution in [0.4, 0.5) is 10.5 Å². The Kier molecular flexibility index (Phi) is 5.57. The van der Waals surface area contributed by atoms with Crippen LogP contribution in [0.1, 0.15) is 33.6 Å². The molecule has 1 aromatic heterocycles. The lowest BCUT2D eigenvalue weighted by Crippen LogP contribution is -2.38. The highest BCUT2D eigenvalue weighted by Gasteiger charge is 2.25. The SMILES string of the molecule is Cn1cc(N(SNC(=O)OC(C)(C)C)C2CCOCC2)cn1. The van der Waals surface area contributed by atoms with Crippen molar-refractivity contribution in [3.05, 3.63) is 12.4 Å². The van der Waals surface area contributed by atoms with Crippen LogP contribution >= 0.6 is 12.1 Å². The number of rotatable bonds is 4. The number of carbonyl (C=O) groups excluding carboxylic acids is 1. The van der Waals surface area contributed by atoms with Gasteiger partial charge in [-0.1, -0.05) is 0 Å². The van der Waals surface area contributed by atoms with E-state index in [-0.39, 0.29) is 6.04 Å². The Morgan fingerprint density at radius 3 is 2.73 bits per heavy atom. The molecular weight excluding hydrogens is 304 g/mol. The molecule has 1 aliphatic heterocycles. The van der Waals surface area contributed by atoms with Crippen molar-refractivity contribution in [3.8, 4) is 0 Å². The molecule has 1 amide bonds. The van der Waals surface area contributed by atoms with E-state index in [0.29, 0.717) is 0 Å². The molecule has 0 radical (unpaired) electrons. The second-order valence-electron chi connectivity index (χ2n) is 6.24. The third-order valence-corrected chi connectivity index (χ3v) is 4.06. The number of amides is 1. The van der Waals surface area contributed by atoms with Crippen molar-refractivity contribution < 1.29 is 14.3 Å². The number of carbonyl (C=O) groups is 1. The van der Waals surface area contributed by atoms with Crippen molar-refractivity contribution in [1.82, 2.24) is 14.5 Å². The number of hydrogen-bond donors (Lipinski definition) is 1. The fraction of sp³-hybridized carbons (Fsp3) is 0.714. The van der Waals surface area contributed by atoms with E-state index in [9.17, 15) is 4.79 Å². The maximum Gasteiger partial charge on any atom is 0.419 e. The maximum atomic E-state index is 11.9. The first kappa shape index (κ1) is 17.0. The first-order valence-corrected chi connectivity index (χ1v) is 8.14. The summed E-state index contributed by atoms with van der Waals surface area (Å²) in [5.74, 6) is 0. The van der Waals surface area contributed by atoms with Gasteiger partial charge in [-0.25, -0.2) is 9.52 Å². The van der Waals surface area contributed by atoms with E-state index in [0.717, 1.165) is 31.7 Å². The predicted molar refractivity (Wildman–Crippen MR) is 86.5 cm³/mol. The quantitative estimate of drug-likeness (QED) is 0.857. The molecule has 2 rings (SSSR count). The topological polar surface area (TPSA) is 68.6 Å². The Morgan fingerprint density at radius 1 is 1.50 bits per heavy atom. The van der Waals surface area contributed by atoms with Gasteiger partial charge in [0.2, 0.25) is 0 Å². The zero-order chi connectivity index (χ0) is 16.2. The summed E-state index contributed by atoms with van der Waals surface area (Å²) in [7, 11) is 1.87. The molecule has 2 heterocycles. The van der Waals surface area contributed by atoms with Crippen LogP contribution < -0.4 is 9.03 Å². The van der Waals surface area contributed by atoms with Crippen LogP contribution in [0.5, 0.6) is 0 Å². The van der Waals surface area contributed by atoms with Gasteiger partial charge in [0.25, 0.3) is 0 Å². The van der Waals surface area contributed by atoms with Crippen LogP contribution in [-0.2, 0) is 16.5 Å². The average molecular weight is 328 g/mol. The normalized spacial score (nSPS) is 16.4. The lowest BCUT2D eigenvalue weighted by Gasteiger charge is -2.33. The van der Waals surface area contributed by atoms with Gasteiger partial charge in [0.1, 0.15) is 5.60 Å². The highest BCUT2D eigenvalue weighted by atomic mass is 32.2. The van der Waals surface area contributed by atoms with Crippen molar-refractivity contribution >= 4 is 23.9 Å². The van der Waals surface area contributed by atoms with Crippen LogP contribution in [0.2, 0.25) is 0 Å². The van der Waals surface area contributed by atoms with Crippen molar-refractivity contribution in [3.63, 3.8) is 0 Å². The molecule has 0 atom stereocenters. The third-order valence-electron chi connectivity index (χ3n) is 3.09. The molecule has 124 valence electrons. The van der Waals surface area contributed by atoms with E-state index < -0.39 is 11.7 Å². The summed E-state index contributed by atoms with van der Waals surface area (Å²) in [6, 6.07) is 0.290. The largest absolute Gasteiger partial charge is 0.443 e. The molecule has 0 aliphatic carbocycles. The third kappa shape index (κ3) is 5.10. The van der Waals surface area contributed by atoms with Crippen molar-refractivity contribution in [2.45, 2.75) is 45.3 Å². The van der Waals surface area contributed by atoms with Gasteiger partial charge in [0.15, 0.2) is 0 Å². The Balaban J connectivity index is 2.00. The minimum Gasteiger partial charge on any atom is -0.443 e. The lowest BCUT2D eigenvalue weighted by molar-refractivity contribution is 0.0574. The molecule has 8 heteroatoms. The summed E-state index contributed by atoms with van der Waals surface area (Å²) in [6.45, 7) is 6.99. The van der Waals surface area contributed by atoms with Gasteiger partial charge >= 0.3 is 6.09 Å². The summed E-state index contributed by atoms with van der Waals surface area (Å²) in [4.78, 5) is 11.9. The molecule has 0 saturated carbocycles. The summed E-state index contributed by atoms with van der Waals surface area (Å²) < 4.78 is 17.2. The second-order valence-corrected chi connectivity index (χ2v) is 7.02. The molecule has 1 saturated heterocycles. The minimum absolute atomic E-state index is 0.290. The molecule has 1 aliphatic rings. The fourth-order valence-corrected chi connectivity index (χ4v) is 2.94. The number of aryl methyl sites for hydroxylation is 1. The van der Waals surface area contributed by atoms with Gasteiger partial charge < -0.3 is 9.47 Å². The monoisotopic (exact) mass is 328 g/mol. The Morgan fingerprint density at radius 2 is 2.18 bits per heavy atom. The summed E-state index contributed by atoms with van der Waals surface area (Å²) >= 11 is 1.24. The van der Waals surface area contributed by atoms with Crippen molar-refractivity contribution in [2.24, 2.45) is 7.05 Å². The fourth-order valence-electron chi connectivity index (χ4n) is 2.17. The van der Waals surface area contributed by atoms with Gasteiger partial charge in [-0.2, -0.15) is 5.10 Å². The van der Waals surface area contributed by atoms with Gasteiger partial charge in [0, 0.05) is 32.5 Å². The maximum absolute atomic E-state index is 11.9. The van der Waals surface area contributed by atoms with E-state index in [4.69, 9.17) is 9.47 Å². The average Bonchev–Trinajstić information content (AvgIpc) is 2.85. The smallest absolute Gasteiger partial charge is 0.419 e. The van der Waals surface area contributed by atoms with Crippen LogP contribution in [0.15, 0.2) is 12.4 Å². The Hall–Kier alpha value is -1.41. The van der Waals surface area contributed by atoms with Crippen molar-refractivity contribution in [2.75, 3.05) is 17.5 Å². The zero-order valence-corrected chi connectivity index (χ0v) is 14.4. The van der Waals surface area contributed by atoms with Crippen LogP contribution in [0, 0.1) is 0 Å². The Labute approximate surface area is 135 Å². The van der Waals surface area contributed by atoms with E-state index >= 15 is 0 Å². The van der Waals surface area contributed by atoms with Gasteiger partial charge in [-0.15, -0.1) is 0 Å². The van der Waals surface area contributed by atoms with Gasteiger partial charge in [-0.3, -0.25) is 8.99 Å². The number of nitrogens with one attached hydrogen (secondary N) is 1.